The van der Waals surface area contributed by atoms with Crippen LogP contribution >= 0.6 is 11.6 Å². The Kier molecular flexibility index (Phi) is 6.25. The minimum Gasteiger partial charge on any atom is -0.368 e. The Morgan fingerprint density at radius 2 is 2.00 bits per heavy atom. The van der Waals surface area contributed by atoms with Crippen LogP contribution in [0.1, 0.15) is 31.6 Å². The number of carbonyl (C=O) groups is 1. The van der Waals surface area contributed by atoms with E-state index >= 15 is 0 Å². The summed E-state index contributed by atoms with van der Waals surface area (Å²) in [4.78, 5) is 33.6. The van der Waals surface area contributed by atoms with E-state index in [1.54, 1.807) is 17.0 Å². The molecule has 3 N–H and O–H groups in total. The Balaban J connectivity index is 1.58. The van der Waals surface area contributed by atoms with Gasteiger partial charge in [-0.2, -0.15) is 15.0 Å². The zero-order valence-corrected chi connectivity index (χ0v) is 17.0. The van der Waals surface area contributed by atoms with Gasteiger partial charge in [0.25, 0.3) is 0 Å². The molecule has 1 fully saturated rings. The van der Waals surface area contributed by atoms with Gasteiger partial charge in [-0.1, -0.05) is 11.6 Å². The Morgan fingerprint density at radius 1 is 1.29 bits per heavy atom. The number of halogens is 1. The van der Waals surface area contributed by atoms with Crippen LogP contribution in [0.25, 0.3) is 0 Å². The molecule has 28 heavy (non-hydrogen) atoms. The Hall–Kier alpha value is -2.52. The van der Waals surface area contributed by atoms with Crippen LogP contribution in [0.15, 0.2) is 18.3 Å². The fraction of sp³-hybridized carbons (Fsp3) is 0.500. The quantitative estimate of drug-likeness (QED) is 0.777. The molecule has 0 radical (unpaired) electrons. The molecule has 0 bridgehead atoms. The van der Waals surface area contributed by atoms with Gasteiger partial charge in [-0.15, -0.1) is 0 Å². The summed E-state index contributed by atoms with van der Waals surface area (Å²) in [5.41, 5.74) is 5.83. The third-order valence-electron chi connectivity index (χ3n) is 4.86. The fourth-order valence-corrected chi connectivity index (χ4v) is 3.29. The maximum atomic E-state index is 12.5. The van der Waals surface area contributed by atoms with E-state index < -0.39 is 0 Å². The number of rotatable bonds is 5. The van der Waals surface area contributed by atoms with Crippen LogP contribution in [0.2, 0.25) is 5.02 Å². The minimum absolute atomic E-state index is 0.00839. The third-order valence-corrected chi connectivity index (χ3v) is 5.08. The van der Waals surface area contributed by atoms with E-state index in [0.717, 1.165) is 25.9 Å². The molecule has 0 saturated carbocycles. The number of carbonyl (C=O) groups excluding carboxylic acids is 1. The van der Waals surface area contributed by atoms with Gasteiger partial charge in [0.05, 0.1) is 11.1 Å². The molecule has 1 unspecified atom stereocenters. The van der Waals surface area contributed by atoms with Crippen molar-refractivity contribution < 1.29 is 4.79 Å². The molecule has 2 aromatic rings. The second-order valence-electron chi connectivity index (χ2n) is 7.08. The summed E-state index contributed by atoms with van der Waals surface area (Å²) in [5, 5.41) is 3.40. The van der Waals surface area contributed by atoms with Gasteiger partial charge < -0.3 is 16.0 Å². The van der Waals surface area contributed by atoms with Gasteiger partial charge >= 0.3 is 0 Å². The maximum absolute atomic E-state index is 12.5. The number of piperidine rings is 1. The summed E-state index contributed by atoms with van der Waals surface area (Å²) >= 11 is 5.82. The predicted molar refractivity (Wildman–Crippen MR) is 109 cm³/mol. The number of hydrogen-bond donors (Lipinski definition) is 2. The lowest BCUT2D eigenvalue weighted by atomic mass is 9.95. The molecule has 0 spiro atoms. The van der Waals surface area contributed by atoms with E-state index in [2.05, 4.69) is 30.2 Å². The van der Waals surface area contributed by atoms with Crippen molar-refractivity contribution >= 4 is 35.2 Å². The lowest BCUT2D eigenvalue weighted by molar-refractivity contribution is -0.121. The fourth-order valence-electron chi connectivity index (χ4n) is 3.17. The first-order chi connectivity index (χ1) is 13.3. The number of nitrogens with two attached hydrogens (primary N) is 1. The minimum atomic E-state index is -0.0540. The molecule has 3 heterocycles. The van der Waals surface area contributed by atoms with Crippen LogP contribution in [0.4, 0.5) is 17.7 Å². The maximum Gasteiger partial charge on any atom is 0.229 e. The Morgan fingerprint density at radius 3 is 2.61 bits per heavy atom. The van der Waals surface area contributed by atoms with E-state index in [1.165, 1.54) is 6.20 Å². The number of likely N-dealkylation sites (tertiary alicyclic amines) is 1. The highest BCUT2D eigenvalue weighted by atomic mass is 35.5. The average Bonchev–Trinajstić information content (AvgIpc) is 2.68. The number of pyridine rings is 1. The molecule has 2 aromatic heterocycles. The van der Waals surface area contributed by atoms with E-state index in [-0.39, 0.29) is 23.8 Å². The van der Waals surface area contributed by atoms with Gasteiger partial charge in [0.15, 0.2) is 5.82 Å². The number of nitrogens with one attached hydrogen (secondary N) is 1. The van der Waals surface area contributed by atoms with Crippen molar-refractivity contribution in [3.8, 4) is 0 Å². The second kappa shape index (κ2) is 8.66. The Bertz CT molecular complexity index is 821. The zero-order valence-electron chi connectivity index (χ0n) is 16.3. The number of aromatic nitrogens is 4. The normalized spacial score (nSPS) is 16.6. The van der Waals surface area contributed by atoms with Gasteiger partial charge in [0.1, 0.15) is 5.82 Å². The topological polar surface area (TPSA) is 113 Å². The van der Waals surface area contributed by atoms with E-state index in [0.29, 0.717) is 22.6 Å². The molecule has 1 atom stereocenters. The summed E-state index contributed by atoms with van der Waals surface area (Å²) in [6.45, 7) is 3.60. The zero-order chi connectivity index (χ0) is 20.3. The van der Waals surface area contributed by atoms with Crippen LogP contribution in [0.5, 0.6) is 0 Å². The molecule has 1 amide bonds. The number of anilines is 3. The lowest BCUT2D eigenvalue weighted by Gasteiger charge is -2.34. The van der Waals surface area contributed by atoms with Crippen molar-refractivity contribution in [3.63, 3.8) is 0 Å². The number of amides is 1. The van der Waals surface area contributed by atoms with Crippen molar-refractivity contribution in [2.75, 3.05) is 43.1 Å². The molecule has 0 aromatic carbocycles. The van der Waals surface area contributed by atoms with E-state index in [1.807, 2.05) is 21.0 Å². The van der Waals surface area contributed by atoms with E-state index in [9.17, 15) is 4.79 Å². The molecular weight excluding hydrogens is 380 g/mol. The number of hydrogen-bond acceptors (Lipinski definition) is 8. The summed E-state index contributed by atoms with van der Waals surface area (Å²) < 4.78 is 0. The van der Waals surface area contributed by atoms with Gasteiger partial charge in [0.2, 0.25) is 17.8 Å². The largest absolute Gasteiger partial charge is 0.368 e. The Labute approximate surface area is 169 Å². The first-order valence-electron chi connectivity index (χ1n) is 9.18. The van der Waals surface area contributed by atoms with Crippen LogP contribution in [-0.2, 0) is 4.79 Å². The molecule has 150 valence electrons. The highest BCUT2D eigenvalue weighted by Gasteiger charge is 2.29. The van der Waals surface area contributed by atoms with Crippen molar-refractivity contribution in [3.05, 3.63) is 29.2 Å². The molecule has 3 rings (SSSR count). The molecule has 1 aliphatic heterocycles. The highest BCUT2D eigenvalue weighted by molar-refractivity contribution is 6.30. The number of nitrogen functional groups attached to an aromatic ring is 1. The van der Waals surface area contributed by atoms with Gasteiger partial charge in [-0.25, -0.2) is 4.98 Å². The molecule has 1 saturated heterocycles. The van der Waals surface area contributed by atoms with E-state index in [4.69, 9.17) is 17.3 Å². The van der Waals surface area contributed by atoms with Crippen LogP contribution < -0.4 is 16.0 Å². The highest BCUT2D eigenvalue weighted by Crippen LogP contribution is 2.26. The molecule has 1 aliphatic rings. The summed E-state index contributed by atoms with van der Waals surface area (Å²) in [6, 6.07) is 3.40. The van der Waals surface area contributed by atoms with Crippen molar-refractivity contribution in [1.82, 2.24) is 24.8 Å². The van der Waals surface area contributed by atoms with Crippen molar-refractivity contribution in [1.29, 1.82) is 0 Å². The first-order valence-corrected chi connectivity index (χ1v) is 9.56. The van der Waals surface area contributed by atoms with Crippen LogP contribution in [0, 0.1) is 5.92 Å². The summed E-state index contributed by atoms with van der Waals surface area (Å²) in [6.07, 6.45) is 3.03. The van der Waals surface area contributed by atoms with Gasteiger partial charge in [-0.05, 0) is 45.0 Å². The van der Waals surface area contributed by atoms with Gasteiger partial charge in [-0.3, -0.25) is 9.69 Å². The predicted octanol–water partition coefficient (Wildman–Crippen LogP) is 1.98. The molecular formula is C18H25ClN8O. The van der Waals surface area contributed by atoms with Gasteiger partial charge in [0, 0.05) is 26.2 Å². The average molecular weight is 405 g/mol. The summed E-state index contributed by atoms with van der Waals surface area (Å²) in [5.74, 6) is 1.85. The smallest absolute Gasteiger partial charge is 0.229 e. The number of nitrogens with zero attached hydrogens (tertiary/aromatic N) is 6. The van der Waals surface area contributed by atoms with Crippen molar-refractivity contribution in [2.45, 2.75) is 25.8 Å². The van der Waals surface area contributed by atoms with Crippen LogP contribution in [-0.4, -0.2) is 57.9 Å². The molecule has 10 heteroatoms. The third kappa shape index (κ3) is 4.85. The second-order valence-corrected chi connectivity index (χ2v) is 7.52. The SMILES string of the molecule is CC(c1nc(N)nc(N(C)C)n1)N1CCC(C(=O)Nc2ccc(Cl)cn2)CC1. The molecule has 0 aliphatic carbocycles. The summed E-state index contributed by atoms with van der Waals surface area (Å²) in [7, 11) is 3.73. The first kappa shape index (κ1) is 20.2. The lowest BCUT2D eigenvalue weighted by Crippen LogP contribution is -2.40. The monoisotopic (exact) mass is 404 g/mol. The van der Waals surface area contributed by atoms with Crippen molar-refractivity contribution in [2.24, 2.45) is 5.92 Å². The van der Waals surface area contributed by atoms with Crippen LogP contribution in [0.3, 0.4) is 0 Å². The molecule has 9 nitrogen and oxygen atoms in total. The standard InChI is InChI=1S/C18H25ClN8O/c1-11(15-23-17(20)25-18(24-15)26(2)3)27-8-6-12(7-9-27)16(28)22-14-5-4-13(19)10-21-14/h4-5,10-12H,6-9H2,1-3H3,(H,21,22,28)(H2,20,23,24,25).